The molecule has 2 aliphatic heterocycles. The maximum absolute atomic E-state index is 12.1. The summed E-state index contributed by atoms with van der Waals surface area (Å²) in [5, 5.41) is 12.2. The van der Waals surface area contributed by atoms with Crippen LogP contribution < -0.4 is 5.32 Å². The monoisotopic (exact) mass is 244 g/mol. The average molecular weight is 244 g/mol. The van der Waals surface area contributed by atoms with Crippen LogP contribution >= 0.6 is 11.8 Å². The van der Waals surface area contributed by atoms with Crippen molar-refractivity contribution < 1.29 is 14.7 Å². The summed E-state index contributed by atoms with van der Waals surface area (Å²) in [7, 11) is 0. The van der Waals surface area contributed by atoms with Gasteiger partial charge < -0.3 is 15.3 Å². The maximum atomic E-state index is 12.1. The number of amides is 1. The van der Waals surface area contributed by atoms with Gasteiger partial charge in [-0.2, -0.15) is 0 Å². The third-order valence-corrected chi connectivity index (χ3v) is 4.07. The van der Waals surface area contributed by atoms with Gasteiger partial charge >= 0.3 is 5.97 Å². The van der Waals surface area contributed by atoms with Gasteiger partial charge in [0.25, 0.3) is 0 Å². The molecule has 0 spiro atoms. The molecule has 0 aliphatic carbocycles. The Kier molecular flexibility index (Phi) is 3.70. The predicted octanol–water partition coefficient (Wildman–Crippen LogP) is 0.115. The Hall–Kier alpha value is -0.750. The van der Waals surface area contributed by atoms with Crippen LogP contribution in [0.15, 0.2) is 0 Å². The van der Waals surface area contributed by atoms with Gasteiger partial charge in [0.15, 0.2) is 0 Å². The molecule has 1 amide bonds. The molecule has 2 atom stereocenters. The number of carboxylic acid groups (broad SMARTS) is 1. The summed E-state index contributed by atoms with van der Waals surface area (Å²) in [4.78, 5) is 24.6. The molecule has 0 bridgehead atoms. The fraction of sp³-hybridized carbons (Fsp3) is 0.800. The SMILES string of the molecule is O=C(O)[C@@H]1CSCN1C(=O)[C@@H]1CCCCN1. The smallest absolute Gasteiger partial charge is 0.327 e. The third-order valence-electron chi connectivity index (χ3n) is 3.06. The van der Waals surface area contributed by atoms with E-state index in [4.69, 9.17) is 5.11 Å². The van der Waals surface area contributed by atoms with E-state index in [9.17, 15) is 9.59 Å². The summed E-state index contributed by atoms with van der Waals surface area (Å²) in [5.41, 5.74) is 0. The number of hydrogen-bond donors (Lipinski definition) is 2. The van der Waals surface area contributed by atoms with Gasteiger partial charge in [-0.1, -0.05) is 6.42 Å². The number of carbonyl (C=O) groups is 2. The molecule has 2 heterocycles. The van der Waals surface area contributed by atoms with E-state index in [2.05, 4.69) is 5.32 Å². The fourth-order valence-corrected chi connectivity index (χ4v) is 3.28. The van der Waals surface area contributed by atoms with Crippen molar-refractivity contribution in [1.29, 1.82) is 0 Å². The molecular formula is C10H16N2O3S. The number of nitrogens with zero attached hydrogens (tertiary/aromatic N) is 1. The Morgan fingerprint density at radius 3 is 2.81 bits per heavy atom. The second kappa shape index (κ2) is 5.05. The first-order chi connectivity index (χ1) is 7.70. The molecule has 2 aliphatic rings. The lowest BCUT2D eigenvalue weighted by Crippen LogP contribution is -2.52. The van der Waals surface area contributed by atoms with Crippen molar-refractivity contribution in [3.8, 4) is 0 Å². The highest BCUT2D eigenvalue weighted by Crippen LogP contribution is 2.23. The molecule has 2 rings (SSSR count). The molecule has 0 aromatic rings. The molecule has 0 unspecified atom stereocenters. The summed E-state index contributed by atoms with van der Waals surface area (Å²) in [6.45, 7) is 0.856. The largest absolute Gasteiger partial charge is 0.480 e. The lowest BCUT2D eigenvalue weighted by Gasteiger charge is -2.29. The zero-order valence-electron chi connectivity index (χ0n) is 9.02. The number of hydrogen-bond acceptors (Lipinski definition) is 4. The van der Waals surface area contributed by atoms with E-state index in [0.29, 0.717) is 11.6 Å². The second-order valence-electron chi connectivity index (χ2n) is 4.16. The number of carbonyl (C=O) groups excluding carboxylic acids is 1. The Morgan fingerprint density at radius 2 is 2.19 bits per heavy atom. The summed E-state index contributed by atoms with van der Waals surface area (Å²) < 4.78 is 0. The first-order valence-electron chi connectivity index (χ1n) is 5.54. The van der Waals surface area contributed by atoms with E-state index in [1.807, 2.05) is 0 Å². The molecule has 2 N–H and O–H groups in total. The van der Waals surface area contributed by atoms with Crippen molar-refractivity contribution in [1.82, 2.24) is 10.2 Å². The van der Waals surface area contributed by atoms with E-state index in [-0.39, 0.29) is 11.9 Å². The molecule has 90 valence electrons. The minimum atomic E-state index is -0.894. The van der Waals surface area contributed by atoms with Crippen LogP contribution in [-0.2, 0) is 9.59 Å². The Labute approximate surface area is 98.6 Å². The topological polar surface area (TPSA) is 69.6 Å². The van der Waals surface area contributed by atoms with E-state index >= 15 is 0 Å². The molecule has 2 fully saturated rings. The predicted molar refractivity (Wildman–Crippen MR) is 61.2 cm³/mol. The number of rotatable bonds is 2. The lowest BCUT2D eigenvalue weighted by atomic mass is 10.0. The van der Waals surface area contributed by atoms with E-state index in [0.717, 1.165) is 25.8 Å². The highest BCUT2D eigenvalue weighted by atomic mass is 32.2. The van der Waals surface area contributed by atoms with Gasteiger partial charge in [0, 0.05) is 5.75 Å². The summed E-state index contributed by atoms with van der Waals surface area (Å²) in [6, 6.07) is -0.810. The van der Waals surface area contributed by atoms with Crippen molar-refractivity contribution in [2.24, 2.45) is 0 Å². The second-order valence-corrected chi connectivity index (χ2v) is 5.16. The van der Waals surface area contributed by atoms with Crippen LogP contribution in [0.3, 0.4) is 0 Å². The number of nitrogens with one attached hydrogen (secondary N) is 1. The summed E-state index contributed by atoms with van der Waals surface area (Å²) >= 11 is 1.51. The van der Waals surface area contributed by atoms with Crippen molar-refractivity contribution in [2.45, 2.75) is 31.3 Å². The van der Waals surface area contributed by atoms with Gasteiger partial charge in [-0.05, 0) is 19.4 Å². The summed E-state index contributed by atoms with van der Waals surface area (Å²) in [6.07, 6.45) is 2.97. The molecule has 0 aromatic heterocycles. The quantitative estimate of drug-likeness (QED) is 0.722. The average Bonchev–Trinajstić information content (AvgIpc) is 2.78. The van der Waals surface area contributed by atoms with Gasteiger partial charge in [-0.15, -0.1) is 11.8 Å². The normalized spacial score (nSPS) is 30.4. The molecular weight excluding hydrogens is 228 g/mol. The van der Waals surface area contributed by atoms with Crippen molar-refractivity contribution in [3.63, 3.8) is 0 Å². The maximum Gasteiger partial charge on any atom is 0.327 e. The van der Waals surface area contributed by atoms with Gasteiger partial charge in [-0.3, -0.25) is 4.79 Å². The van der Waals surface area contributed by atoms with Crippen LogP contribution in [0.5, 0.6) is 0 Å². The molecule has 0 radical (unpaired) electrons. The minimum Gasteiger partial charge on any atom is -0.480 e. The molecule has 16 heavy (non-hydrogen) atoms. The molecule has 0 saturated carbocycles. The van der Waals surface area contributed by atoms with E-state index in [1.165, 1.54) is 16.7 Å². The zero-order valence-corrected chi connectivity index (χ0v) is 9.83. The highest BCUT2D eigenvalue weighted by Gasteiger charge is 2.37. The summed E-state index contributed by atoms with van der Waals surface area (Å²) in [5.74, 6) is 0.0770. The van der Waals surface area contributed by atoms with Crippen LogP contribution in [0.1, 0.15) is 19.3 Å². The van der Waals surface area contributed by atoms with E-state index in [1.54, 1.807) is 0 Å². The Balaban J connectivity index is 1.99. The number of thioether (sulfide) groups is 1. The molecule has 0 aromatic carbocycles. The third kappa shape index (κ3) is 2.32. The molecule has 6 heteroatoms. The first kappa shape index (κ1) is 11.7. The first-order valence-corrected chi connectivity index (χ1v) is 6.70. The number of aliphatic carboxylic acids is 1. The number of carboxylic acids is 1. The zero-order chi connectivity index (χ0) is 11.5. The van der Waals surface area contributed by atoms with Crippen molar-refractivity contribution >= 4 is 23.6 Å². The Bertz CT molecular complexity index is 292. The lowest BCUT2D eigenvalue weighted by molar-refractivity contribution is -0.148. The van der Waals surface area contributed by atoms with Crippen LogP contribution in [0.4, 0.5) is 0 Å². The van der Waals surface area contributed by atoms with Crippen molar-refractivity contribution in [3.05, 3.63) is 0 Å². The van der Waals surface area contributed by atoms with Crippen LogP contribution in [0.2, 0.25) is 0 Å². The van der Waals surface area contributed by atoms with E-state index < -0.39 is 12.0 Å². The standard InChI is InChI=1S/C10H16N2O3S/c13-9(7-3-1-2-4-11-7)12-6-16-5-8(12)10(14)15/h7-8,11H,1-6H2,(H,14,15)/t7-,8-/m0/s1. The van der Waals surface area contributed by atoms with Crippen molar-refractivity contribution in [2.75, 3.05) is 18.2 Å². The minimum absolute atomic E-state index is 0.0444. The van der Waals surface area contributed by atoms with Crippen LogP contribution in [-0.4, -0.2) is 52.1 Å². The van der Waals surface area contributed by atoms with Crippen LogP contribution in [0, 0.1) is 0 Å². The highest BCUT2D eigenvalue weighted by molar-refractivity contribution is 7.99. The van der Waals surface area contributed by atoms with Gasteiger partial charge in [-0.25, -0.2) is 4.79 Å². The molecule has 5 nitrogen and oxygen atoms in total. The Morgan fingerprint density at radius 1 is 1.38 bits per heavy atom. The molecule has 2 saturated heterocycles. The van der Waals surface area contributed by atoms with Crippen LogP contribution in [0.25, 0.3) is 0 Å². The van der Waals surface area contributed by atoms with Gasteiger partial charge in [0.1, 0.15) is 6.04 Å². The fourth-order valence-electron chi connectivity index (χ4n) is 2.13. The van der Waals surface area contributed by atoms with Gasteiger partial charge in [0.2, 0.25) is 5.91 Å². The number of piperidine rings is 1. The van der Waals surface area contributed by atoms with Gasteiger partial charge in [0.05, 0.1) is 11.9 Å².